The van der Waals surface area contributed by atoms with Crippen molar-refractivity contribution in [3.8, 4) is 0 Å². The first-order chi connectivity index (χ1) is 10.1. The molecule has 2 N–H and O–H groups in total. The molecule has 0 spiro atoms. The van der Waals surface area contributed by atoms with Crippen LogP contribution in [0.5, 0.6) is 0 Å². The van der Waals surface area contributed by atoms with Crippen LogP contribution in [0.4, 0.5) is 11.4 Å². The van der Waals surface area contributed by atoms with Crippen LogP contribution in [-0.2, 0) is 11.2 Å². The predicted octanol–water partition coefficient (Wildman–Crippen LogP) is 4.26. The van der Waals surface area contributed by atoms with Gasteiger partial charge in [0.25, 0.3) is 0 Å². The average Bonchev–Trinajstić information content (AvgIpc) is 2.49. The molecule has 0 aliphatic carbocycles. The SMILES string of the molecule is CCc1cccc(C)c1NC(=O)CNc1ccc(Cl)cc1. The molecule has 3 nitrogen and oxygen atoms in total. The lowest BCUT2D eigenvalue weighted by molar-refractivity contribution is -0.114. The molecule has 1 amide bonds. The first-order valence-corrected chi connectivity index (χ1v) is 7.35. The zero-order chi connectivity index (χ0) is 15.2. The summed E-state index contributed by atoms with van der Waals surface area (Å²) in [6.45, 7) is 4.30. The van der Waals surface area contributed by atoms with E-state index in [4.69, 9.17) is 11.6 Å². The Morgan fingerprint density at radius 3 is 2.52 bits per heavy atom. The number of nitrogens with one attached hydrogen (secondary N) is 2. The van der Waals surface area contributed by atoms with Gasteiger partial charge in [0.2, 0.25) is 5.91 Å². The van der Waals surface area contributed by atoms with Crippen LogP contribution >= 0.6 is 11.6 Å². The van der Waals surface area contributed by atoms with Crippen LogP contribution < -0.4 is 10.6 Å². The van der Waals surface area contributed by atoms with Gasteiger partial charge < -0.3 is 10.6 Å². The molecule has 2 aromatic carbocycles. The number of hydrogen-bond acceptors (Lipinski definition) is 2. The van der Waals surface area contributed by atoms with Crippen LogP contribution in [0.3, 0.4) is 0 Å². The fraction of sp³-hybridized carbons (Fsp3) is 0.235. The summed E-state index contributed by atoms with van der Waals surface area (Å²) in [4.78, 5) is 12.1. The van der Waals surface area contributed by atoms with Gasteiger partial charge in [-0.05, 0) is 48.7 Å². The van der Waals surface area contributed by atoms with E-state index in [0.29, 0.717) is 5.02 Å². The Hall–Kier alpha value is -2.00. The van der Waals surface area contributed by atoms with Gasteiger partial charge in [0.05, 0.1) is 6.54 Å². The normalized spacial score (nSPS) is 10.2. The highest BCUT2D eigenvalue weighted by molar-refractivity contribution is 6.30. The lowest BCUT2D eigenvalue weighted by Gasteiger charge is -2.13. The third kappa shape index (κ3) is 4.23. The highest BCUT2D eigenvalue weighted by Crippen LogP contribution is 2.21. The molecule has 0 atom stereocenters. The topological polar surface area (TPSA) is 41.1 Å². The third-order valence-corrected chi connectivity index (χ3v) is 3.55. The van der Waals surface area contributed by atoms with Crippen molar-refractivity contribution < 1.29 is 4.79 Å². The molecule has 0 unspecified atom stereocenters. The van der Waals surface area contributed by atoms with Gasteiger partial charge in [0, 0.05) is 16.4 Å². The van der Waals surface area contributed by atoms with Gasteiger partial charge in [-0.2, -0.15) is 0 Å². The summed E-state index contributed by atoms with van der Waals surface area (Å²) in [7, 11) is 0. The van der Waals surface area contributed by atoms with Crippen LogP contribution in [0.15, 0.2) is 42.5 Å². The van der Waals surface area contributed by atoms with E-state index >= 15 is 0 Å². The average molecular weight is 303 g/mol. The smallest absolute Gasteiger partial charge is 0.243 e. The summed E-state index contributed by atoms with van der Waals surface area (Å²) in [6, 6.07) is 13.3. The number of hydrogen-bond donors (Lipinski definition) is 2. The van der Waals surface area contributed by atoms with Crippen LogP contribution in [0, 0.1) is 6.92 Å². The van der Waals surface area contributed by atoms with Gasteiger partial charge in [-0.3, -0.25) is 4.79 Å². The Balaban J connectivity index is 1.97. The van der Waals surface area contributed by atoms with E-state index in [1.165, 1.54) is 0 Å². The fourth-order valence-corrected chi connectivity index (χ4v) is 2.26. The first-order valence-electron chi connectivity index (χ1n) is 6.98. The van der Waals surface area contributed by atoms with Crippen molar-refractivity contribution in [1.29, 1.82) is 0 Å². The highest BCUT2D eigenvalue weighted by atomic mass is 35.5. The first kappa shape index (κ1) is 15.4. The molecule has 0 aliphatic rings. The van der Waals surface area contributed by atoms with Gasteiger partial charge in [0.1, 0.15) is 0 Å². The maximum atomic E-state index is 12.1. The second-order valence-electron chi connectivity index (χ2n) is 4.87. The summed E-state index contributed by atoms with van der Waals surface area (Å²) >= 11 is 5.83. The van der Waals surface area contributed by atoms with Crippen molar-refractivity contribution in [3.05, 3.63) is 58.6 Å². The van der Waals surface area contributed by atoms with Crippen molar-refractivity contribution in [3.63, 3.8) is 0 Å². The van der Waals surface area contributed by atoms with Crippen molar-refractivity contribution in [2.24, 2.45) is 0 Å². The number of para-hydroxylation sites is 1. The molecule has 0 bridgehead atoms. The number of carbonyl (C=O) groups is 1. The van der Waals surface area contributed by atoms with Crippen LogP contribution in [0.2, 0.25) is 5.02 Å². The van der Waals surface area contributed by atoms with Gasteiger partial charge in [-0.25, -0.2) is 0 Å². The molecule has 110 valence electrons. The minimum absolute atomic E-state index is 0.0612. The van der Waals surface area contributed by atoms with Crippen molar-refractivity contribution in [1.82, 2.24) is 0 Å². The Bertz CT molecular complexity index is 623. The molecule has 0 saturated heterocycles. The lowest BCUT2D eigenvalue weighted by Crippen LogP contribution is -2.22. The van der Waals surface area contributed by atoms with E-state index in [1.54, 1.807) is 12.1 Å². The quantitative estimate of drug-likeness (QED) is 0.866. The standard InChI is InChI=1S/C17H19ClN2O/c1-3-13-6-4-5-12(2)17(13)20-16(21)11-19-15-9-7-14(18)8-10-15/h4-10,19H,3,11H2,1-2H3,(H,20,21). The Kier molecular flexibility index (Phi) is 5.23. The maximum Gasteiger partial charge on any atom is 0.243 e. The predicted molar refractivity (Wildman–Crippen MR) is 89.1 cm³/mol. The molecule has 0 heterocycles. The Morgan fingerprint density at radius 1 is 1.14 bits per heavy atom. The van der Waals surface area contributed by atoms with E-state index in [9.17, 15) is 4.79 Å². The van der Waals surface area contributed by atoms with Crippen molar-refractivity contribution >= 4 is 28.9 Å². The number of benzene rings is 2. The van der Waals surface area contributed by atoms with E-state index in [1.807, 2.05) is 37.3 Å². The van der Waals surface area contributed by atoms with Crippen LogP contribution in [0.1, 0.15) is 18.1 Å². The van der Waals surface area contributed by atoms with E-state index in [0.717, 1.165) is 28.9 Å². The molecule has 2 aromatic rings. The highest BCUT2D eigenvalue weighted by Gasteiger charge is 2.08. The molecule has 0 saturated carbocycles. The van der Waals surface area contributed by atoms with Crippen LogP contribution in [-0.4, -0.2) is 12.5 Å². The summed E-state index contributed by atoms with van der Waals surface area (Å²) in [5, 5.41) is 6.74. The summed E-state index contributed by atoms with van der Waals surface area (Å²) < 4.78 is 0. The Labute approximate surface area is 130 Å². The fourth-order valence-electron chi connectivity index (χ4n) is 2.14. The van der Waals surface area contributed by atoms with E-state index in [2.05, 4.69) is 17.6 Å². The molecule has 4 heteroatoms. The second-order valence-corrected chi connectivity index (χ2v) is 5.31. The minimum Gasteiger partial charge on any atom is -0.376 e. The number of anilines is 2. The third-order valence-electron chi connectivity index (χ3n) is 3.30. The van der Waals surface area contributed by atoms with Crippen molar-refractivity contribution in [2.75, 3.05) is 17.2 Å². The van der Waals surface area contributed by atoms with Gasteiger partial charge >= 0.3 is 0 Å². The monoisotopic (exact) mass is 302 g/mol. The molecular formula is C17H19ClN2O. The zero-order valence-corrected chi connectivity index (χ0v) is 13.0. The molecule has 2 rings (SSSR count). The number of halogens is 1. The summed E-state index contributed by atoms with van der Waals surface area (Å²) in [6.07, 6.45) is 0.891. The number of aryl methyl sites for hydroxylation is 2. The van der Waals surface area contributed by atoms with Crippen LogP contribution in [0.25, 0.3) is 0 Å². The largest absolute Gasteiger partial charge is 0.376 e. The van der Waals surface area contributed by atoms with Crippen molar-refractivity contribution in [2.45, 2.75) is 20.3 Å². The summed E-state index contributed by atoms with van der Waals surface area (Å²) in [5.41, 5.74) is 4.02. The number of carbonyl (C=O) groups excluding carboxylic acids is 1. The number of amides is 1. The second kappa shape index (κ2) is 7.14. The van der Waals surface area contributed by atoms with E-state index < -0.39 is 0 Å². The molecule has 0 aromatic heterocycles. The van der Waals surface area contributed by atoms with Gasteiger partial charge in [-0.1, -0.05) is 36.7 Å². The molecule has 0 fully saturated rings. The Morgan fingerprint density at radius 2 is 1.86 bits per heavy atom. The van der Waals surface area contributed by atoms with E-state index in [-0.39, 0.29) is 12.5 Å². The lowest BCUT2D eigenvalue weighted by atomic mass is 10.1. The molecule has 0 aliphatic heterocycles. The summed E-state index contributed by atoms with van der Waals surface area (Å²) in [5.74, 6) is -0.0612. The molecule has 0 radical (unpaired) electrons. The zero-order valence-electron chi connectivity index (χ0n) is 12.2. The molecule has 21 heavy (non-hydrogen) atoms. The van der Waals surface area contributed by atoms with Gasteiger partial charge in [0.15, 0.2) is 0 Å². The number of rotatable bonds is 5. The maximum absolute atomic E-state index is 12.1. The molecular weight excluding hydrogens is 284 g/mol. The minimum atomic E-state index is -0.0612. The van der Waals surface area contributed by atoms with Gasteiger partial charge in [-0.15, -0.1) is 0 Å².